The lowest BCUT2D eigenvalue weighted by atomic mass is 10.1. The first kappa shape index (κ1) is 14.4. The Labute approximate surface area is 108 Å². The van der Waals surface area contributed by atoms with Gasteiger partial charge >= 0.3 is 0 Å². The number of nitrogens with zero attached hydrogens (tertiary/aromatic N) is 1. The van der Waals surface area contributed by atoms with Gasteiger partial charge in [-0.2, -0.15) is 0 Å². The molecule has 1 aromatic carbocycles. The molecule has 2 nitrogen and oxygen atoms in total. The molecule has 1 aromatic rings. The van der Waals surface area contributed by atoms with E-state index in [-0.39, 0.29) is 5.82 Å². The van der Waals surface area contributed by atoms with Gasteiger partial charge in [-0.05, 0) is 38.7 Å². The molecule has 0 bridgehead atoms. The van der Waals surface area contributed by atoms with Gasteiger partial charge in [-0.25, -0.2) is 4.39 Å². The van der Waals surface area contributed by atoms with Crippen molar-refractivity contribution in [2.45, 2.75) is 13.5 Å². The summed E-state index contributed by atoms with van der Waals surface area (Å²) < 4.78 is 13.6. The number of halogens is 2. The summed E-state index contributed by atoms with van der Waals surface area (Å²) in [5.41, 5.74) is 0.577. The van der Waals surface area contributed by atoms with Crippen LogP contribution in [0.3, 0.4) is 0 Å². The Balaban J connectivity index is 2.59. The quantitative estimate of drug-likeness (QED) is 0.844. The van der Waals surface area contributed by atoms with Gasteiger partial charge in [0, 0.05) is 23.7 Å². The summed E-state index contributed by atoms with van der Waals surface area (Å²) >= 11 is 5.99. The van der Waals surface area contributed by atoms with Crippen molar-refractivity contribution < 1.29 is 4.39 Å². The summed E-state index contributed by atoms with van der Waals surface area (Å²) in [4.78, 5) is 2.09. The zero-order valence-corrected chi connectivity index (χ0v) is 11.4. The minimum Gasteiger partial charge on any atom is -0.319 e. The first-order valence-electron chi connectivity index (χ1n) is 5.80. The SMILES string of the molecule is CNCC(C)CN(C)Cc1c(F)cccc1Cl. The summed E-state index contributed by atoms with van der Waals surface area (Å²) in [5.74, 6) is 0.293. The molecule has 0 aliphatic rings. The lowest BCUT2D eigenvalue weighted by Gasteiger charge is -2.21. The largest absolute Gasteiger partial charge is 0.319 e. The van der Waals surface area contributed by atoms with Gasteiger partial charge in [0.25, 0.3) is 0 Å². The van der Waals surface area contributed by atoms with Crippen LogP contribution in [0, 0.1) is 11.7 Å². The third-order valence-electron chi connectivity index (χ3n) is 2.67. The van der Waals surface area contributed by atoms with Gasteiger partial charge < -0.3 is 10.2 Å². The normalized spacial score (nSPS) is 13.1. The first-order valence-corrected chi connectivity index (χ1v) is 6.18. The molecule has 0 radical (unpaired) electrons. The van der Waals surface area contributed by atoms with Crippen molar-refractivity contribution >= 4 is 11.6 Å². The monoisotopic (exact) mass is 258 g/mol. The van der Waals surface area contributed by atoms with Crippen molar-refractivity contribution in [1.82, 2.24) is 10.2 Å². The third-order valence-corrected chi connectivity index (χ3v) is 3.02. The fraction of sp³-hybridized carbons (Fsp3) is 0.538. The number of rotatable bonds is 6. The van der Waals surface area contributed by atoms with Gasteiger partial charge in [0.05, 0.1) is 0 Å². The molecule has 0 amide bonds. The number of benzene rings is 1. The lowest BCUT2D eigenvalue weighted by molar-refractivity contribution is 0.273. The summed E-state index contributed by atoms with van der Waals surface area (Å²) in [6, 6.07) is 4.81. The van der Waals surface area contributed by atoms with Crippen LogP contribution in [-0.2, 0) is 6.54 Å². The summed E-state index contributed by atoms with van der Waals surface area (Å²) in [7, 11) is 3.92. The van der Waals surface area contributed by atoms with Gasteiger partial charge in [-0.15, -0.1) is 0 Å². The van der Waals surface area contributed by atoms with Gasteiger partial charge in [0.15, 0.2) is 0 Å². The van der Waals surface area contributed by atoms with Crippen LogP contribution in [0.15, 0.2) is 18.2 Å². The maximum absolute atomic E-state index is 13.6. The highest BCUT2D eigenvalue weighted by Crippen LogP contribution is 2.20. The van der Waals surface area contributed by atoms with Gasteiger partial charge in [0.1, 0.15) is 5.82 Å². The summed E-state index contributed by atoms with van der Waals surface area (Å²) in [6.45, 7) is 4.57. The van der Waals surface area contributed by atoms with E-state index in [0.717, 1.165) is 13.1 Å². The third kappa shape index (κ3) is 4.62. The standard InChI is InChI=1S/C13H20ClFN2/c1-10(7-16-2)8-17(3)9-11-12(14)5-4-6-13(11)15/h4-6,10,16H,7-9H2,1-3H3. The zero-order chi connectivity index (χ0) is 12.8. The van der Waals surface area contributed by atoms with Crippen molar-refractivity contribution in [3.63, 3.8) is 0 Å². The lowest BCUT2D eigenvalue weighted by Crippen LogP contribution is -2.29. The van der Waals surface area contributed by atoms with Crippen LogP contribution < -0.4 is 5.32 Å². The molecule has 0 saturated heterocycles. The molecule has 0 aliphatic heterocycles. The van der Waals surface area contributed by atoms with Gasteiger partial charge in [0.2, 0.25) is 0 Å². The molecule has 0 heterocycles. The second-order valence-electron chi connectivity index (χ2n) is 4.56. The van der Waals surface area contributed by atoms with Crippen LogP contribution in [0.4, 0.5) is 4.39 Å². The Kier molecular flexibility index (Phi) is 5.89. The van der Waals surface area contributed by atoms with Crippen molar-refractivity contribution in [3.05, 3.63) is 34.6 Å². The van der Waals surface area contributed by atoms with E-state index in [1.165, 1.54) is 6.07 Å². The second-order valence-corrected chi connectivity index (χ2v) is 4.97. The van der Waals surface area contributed by atoms with E-state index >= 15 is 0 Å². The Morgan fingerprint density at radius 3 is 2.76 bits per heavy atom. The molecule has 1 unspecified atom stereocenters. The highest BCUT2D eigenvalue weighted by Gasteiger charge is 2.11. The highest BCUT2D eigenvalue weighted by atomic mass is 35.5. The van der Waals surface area contributed by atoms with Crippen molar-refractivity contribution in [3.8, 4) is 0 Å². The number of hydrogen-bond donors (Lipinski definition) is 1. The molecule has 17 heavy (non-hydrogen) atoms. The number of nitrogens with one attached hydrogen (secondary N) is 1. The predicted molar refractivity (Wildman–Crippen MR) is 70.8 cm³/mol. The smallest absolute Gasteiger partial charge is 0.129 e. The average Bonchev–Trinajstić information content (AvgIpc) is 2.24. The molecule has 0 spiro atoms. The van der Waals surface area contributed by atoms with E-state index in [1.54, 1.807) is 12.1 Å². The molecule has 1 N–H and O–H groups in total. The zero-order valence-electron chi connectivity index (χ0n) is 10.6. The maximum Gasteiger partial charge on any atom is 0.129 e. The molecule has 4 heteroatoms. The van der Waals surface area contributed by atoms with Crippen LogP contribution in [0.5, 0.6) is 0 Å². The minimum atomic E-state index is -0.231. The van der Waals surface area contributed by atoms with Crippen LogP contribution in [0.2, 0.25) is 5.02 Å². The van der Waals surface area contributed by atoms with E-state index in [4.69, 9.17) is 11.6 Å². The van der Waals surface area contributed by atoms with Crippen molar-refractivity contribution in [2.24, 2.45) is 5.92 Å². The van der Waals surface area contributed by atoms with Gasteiger partial charge in [-0.1, -0.05) is 24.6 Å². The van der Waals surface area contributed by atoms with Crippen LogP contribution in [-0.4, -0.2) is 32.1 Å². The Morgan fingerprint density at radius 1 is 1.47 bits per heavy atom. The second kappa shape index (κ2) is 6.94. The molecule has 1 atom stereocenters. The maximum atomic E-state index is 13.6. The molecule has 0 fully saturated rings. The molecule has 0 aromatic heterocycles. The highest BCUT2D eigenvalue weighted by molar-refractivity contribution is 6.31. The molecule has 1 rings (SSSR count). The predicted octanol–water partition coefficient (Wildman–Crippen LogP) is 2.77. The first-order chi connectivity index (χ1) is 8.04. The van der Waals surface area contributed by atoms with Crippen molar-refractivity contribution in [1.29, 1.82) is 0 Å². The molecular weight excluding hydrogens is 239 g/mol. The number of hydrogen-bond acceptors (Lipinski definition) is 2. The van der Waals surface area contributed by atoms with Crippen LogP contribution >= 0.6 is 11.6 Å². The van der Waals surface area contributed by atoms with Crippen molar-refractivity contribution in [2.75, 3.05) is 27.2 Å². The average molecular weight is 259 g/mol. The molecule has 0 aliphatic carbocycles. The van der Waals surface area contributed by atoms with E-state index in [9.17, 15) is 4.39 Å². The van der Waals surface area contributed by atoms with E-state index in [0.29, 0.717) is 23.0 Å². The Bertz CT molecular complexity index is 337. The fourth-order valence-corrected chi connectivity index (χ4v) is 2.19. The molecule has 0 saturated carbocycles. The minimum absolute atomic E-state index is 0.231. The van der Waals surface area contributed by atoms with Crippen LogP contribution in [0.25, 0.3) is 0 Å². The molecular formula is C13H20ClFN2. The van der Waals surface area contributed by atoms with Gasteiger partial charge in [-0.3, -0.25) is 0 Å². The van der Waals surface area contributed by atoms with E-state index in [2.05, 4.69) is 17.1 Å². The fourth-order valence-electron chi connectivity index (χ4n) is 1.96. The Hall–Kier alpha value is -0.640. The van der Waals surface area contributed by atoms with E-state index in [1.807, 2.05) is 14.1 Å². The summed E-state index contributed by atoms with van der Waals surface area (Å²) in [5, 5.41) is 3.63. The van der Waals surface area contributed by atoms with E-state index < -0.39 is 0 Å². The summed E-state index contributed by atoms with van der Waals surface area (Å²) in [6.07, 6.45) is 0. The Morgan fingerprint density at radius 2 is 2.18 bits per heavy atom. The van der Waals surface area contributed by atoms with Crippen LogP contribution in [0.1, 0.15) is 12.5 Å². The molecule has 96 valence electrons. The topological polar surface area (TPSA) is 15.3 Å².